The number of aromatic nitrogens is 4. The summed E-state index contributed by atoms with van der Waals surface area (Å²) in [4.78, 5) is 17.8. The maximum absolute atomic E-state index is 13.6. The fourth-order valence-corrected chi connectivity index (χ4v) is 7.51. The van der Waals surface area contributed by atoms with E-state index in [0.717, 1.165) is 27.2 Å². The summed E-state index contributed by atoms with van der Waals surface area (Å²) in [6, 6.07) is 20.4. The van der Waals surface area contributed by atoms with Gasteiger partial charge in [0.1, 0.15) is 47.2 Å². The van der Waals surface area contributed by atoms with Crippen molar-refractivity contribution in [2.24, 2.45) is 0 Å². The summed E-state index contributed by atoms with van der Waals surface area (Å²) in [5.74, 6) is 1.28. The van der Waals surface area contributed by atoms with Crippen LogP contribution in [0.1, 0.15) is 30.0 Å². The van der Waals surface area contributed by atoms with E-state index < -0.39 is 9.84 Å². The maximum atomic E-state index is 13.6. The zero-order valence-corrected chi connectivity index (χ0v) is 29.7. The lowest BCUT2D eigenvalue weighted by molar-refractivity contribution is 0.0609. The first-order chi connectivity index (χ1) is 23.7. The Morgan fingerprint density at radius 3 is 2.63 bits per heavy atom. The number of anilines is 2. The molecule has 6 rings (SSSR count). The Balaban J connectivity index is 1.19. The highest BCUT2D eigenvalue weighted by Crippen LogP contribution is 2.38. The second kappa shape index (κ2) is 15.4. The van der Waals surface area contributed by atoms with Crippen molar-refractivity contribution in [2.45, 2.75) is 31.1 Å². The number of sulfone groups is 1. The van der Waals surface area contributed by atoms with Gasteiger partial charge in [-0.3, -0.25) is 0 Å². The van der Waals surface area contributed by atoms with Gasteiger partial charge in [-0.15, -0.1) is 11.3 Å². The van der Waals surface area contributed by atoms with E-state index in [1.54, 1.807) is 31.4 Å². The van der Waals surface area contributed by atoms with Crippen LogP contribution < -0.4 is 14.8 Å². The van der Waals surface area contributed by atoms with Gasteiger partial charge in [0.15, 0.2) is 14.9 Å². The molecule has 0 saturated carbocycles. The predicted octanol–water partition coefficient (Wildman–Crippen LogP) is 8.32. The lowest BCUT2D eigenvalue weighted by Gasteiger charge is -2.14. The summed E-state index contributed by atoms with van der Waals surface area (Å²) in [5, 5.41) is 6.80. The third-order valence-electron chi connectivity index (χ3n) is 7.51. The number of ether oxygens (including phenoxy) is 3. The van der Waals surface area contributed by atoms with Crippen LogP contribution in [-0.4, -0.2) is 47.8 Å². The quantitative estimate of drug-likeness (QED) is 0.116. The lowest BCUT2D eigenvalue weighted by atomic mass is 10.1. The normalized spacial score (nSPS) is 12.2. The lowest BCUT2D eigenvalue weighted by Crippen LogP contribution is -2.15. The van der Waals surface area contributed by atoms with Crippen LogP contribution in [0.3, 0.4) is 0 Å². The van der Waals surface area contributed by atoms with Gasteiger partial charge in [0.2, 0.25) is 0 Å². The summed E-state index contributed by atoms with van der Waals surface area (Å²) in [7, 11) is -1.98. The van der Waals surface area contributed by atoms with Gasteiger partial charge in [0.25, 0.3) is 0 Å². The number of hydrogen-bond acceptors (Lipinski definition) is 11. The van der Waals surface area contributed by atoms with E-state index in [4.69, 9.17) is 19.2 Å². The van der Waals surface area contributed by atoms with Gasteiger partial charge in [-0.2, -0.15) is 0 Å². The molecule has 252 valence electrons. The zero-order valence-electron chi connectivity index (χ0n) is 26.5. The fraction of sp³-hybridized carbons (Fsp3) is 0.200. The number of hydrogen-bond donors (Lipinski definition) is 1. The van der Waals surface area contributed by atoms with E-state index in [1.165, 1.54) is 42.1 Å². The molecule has 0 spiro atoms. The molecule has 0 bridgehead atoms. The Hall–Kier alpha value is -4.50. The van der Waals surface area contributed by atoms with Gasteiger partial charge in [-0.25, -0.2) is 32.7 Å². The molecule has 0 radical (unpaired) electrons. The molecule has 0 saturated heterocycles. The summed E-state index contributed by atoms with van der Waals surface area (Å²) >= 11 is 5.01. The Labute approximate surface area is 295 Å². The van der Waals surface area contributed by atoms with Crippen molar-refractivity contribution in [1.29, 1.82) is 0 Å². The summed E-state index contributed by atoms with van der Waals surface area (Å²) in [6.07, 6.45) is 3.16. The van der Waals surface area contributed by atoms with Crippen molar-refractivity contribution in [3.05, 3.63) is 112 Å². The zero-order chi connectivity index (χ0) is 34.4. The Kier molecular flexibility index (Phi) is 10.8. The van der Waals surface area contributed by atoms with Crippen LogP contribution in [0.5, 0.6) is 11.5 Å². The van der Waals surface area contributed by atoms with E-state index in [1.807, 2.05) is 42.6 Å². The molecule has 0 aliphatic rings. The summed E-state index contributed by atoms with van der Waals surface area (Å²) in [6.45, 7) is 2.20. The van der Waals surface area contributed by atoms with E-state index in [0.29, 0.717) is 39.4 Å². The van der Waals surface area contributed by atoms with Gasteiger partial charge in [-0.1, -0.05) is 25.1 Å². The van der Waals surface area contributed by atoms with Crippen molar-refractivity contribution in [3.63, 3.8) is 0 Å². The van der Waals surface area contributed by atoms with Crippen molar-refractivity contribution in [1.82, 2.24) is 19.9 Å². The van der Waals surface area contributed by atoms with Crippen LogP contribution >= 0.6 is 27.3 Å². The van der Waals surface area contributed by atoms with E-state index in [2.05, 4.69) is 36.2 Å². The summed E-state index contributed by atoms with van der Waals surface area (Å²) in [5.41, 5.74) is 3.58. The minimum atomic E-state index is -3.57. The first-order valence-electron chi connectivity index (χ1n) is 15.2. The van der Waals surface area contributed by atoms with E-state index in [-0.39, 0.29) is 35.9 Å². The largest absolute Gasteiger partial charge is 0.496 e. The standard InChI is InChI=1S/C35H31BrFN5O5S2/c1-3-30(46-13-14-49(43,44)33-9-4-5-12-38-33)35-42-29(20-48-35)25-17-26-28(18-32(25)45-2)39-21-40-34(26)41-24-10-11-31(27(36)16-24)47-19-22-7-6-8-23(37)15-22/h4-12,15-18,20-21,30H,3,13-14,19H2,1-2H3,(H,39,40,41). The van der Waals surface area contributed by atoms with E-state index in [9.17, 15) is 12.8 Å². The van der Waals surface area contributed by atoms with Gasteiger partial charge in [0.05, 0.1) is 35.2 Å². The Bertz CT molecular complexity index is 2190. The number of pyridine rings is 1. The molecule has 0 aliphatic carbocycles. The van der Waals surface area contributed by atoms with Crippen LogP contribution in [-0.2, 0) is 21.2 Å². The third-order valence-corrected chi connectivity index (χ3v) is 10.6. The molecule has 0 amide bonds. The second-order valence-electron chi connectivity index (χ2n) is 10.8. The number of rotatable bonds is 14. The monoisotopic (exact) mass is 763 g/mol. The number of fused-ring (bicyclic) bond motifs is 1. The molecule has 6 aromatic rings. The number of halogens is 2. The summed E-state index contributed by atoms with van der Waals surface area (Å²) < 4.78 is 57.2. The smallest absolute Gasteiger partial charge is 0.197 e. The van der Waals surface area contributed by atoms with Crippen molar-refractivity contribution < 1.29 is 27.0 Å². The van der Waals surface area contributed by atoms with Gasteiger partial charge in [0, 0.05) is 34.3 Å². The Morgan fingerprint density at radius 2 is 1.88 bits per heavy atom. The van der Waals surface area contributed by atoms with Crippen LogP contribution in [0.2, 0.25) is 0 Å². The molecule has 1 atom stereocenters. The highest BCUT2D eigenvalue weighted by Gasteiger charge is 2.21. The number of thiazole rings is 1. The first-order valence-corrected chi connectivity index (χ1v) is 18.5. The van der Waals surface area contributed by atoms with Crippen LogP contribution in [0, 0.1) is 5.82 Å². The van der Waals surface area contributed by atoms with Crippen molar-refractivity contribution in [2.75, 3.05) is 24.8 Å². The van der Waals surface area contributed by atoms with Crippen LogP contribution in [0.25, 0.3) is 22.2 Å². The molecule has 1 unspecified atom stereocenters. The molecule has 10 nitrogen and oxygen atoms in total. The Morgan fingerprint density at radius 1 is 1.00 bits per heavy atom. The second-order valence-corrected chi connectivity index (χ2v) is 14.6. The number of methoxy groups -OCH3 is 1. The predicted molar refractivity (Wildman–Crippen MR) is 191 cm³/mol. The molecule has 14 heteroatoms. The van der Waals surface area contributed by atoms with Crippen LogP contribution in [0.15, 0.2) is 100 Å². The van der Waals surface area contributed by atoms with Gasteiger partial charge < -0.3 is 19.5 Å². The highest BCUT2D eigenvalue weighted by atomic mass is 79.9. The number of nitrogens with zero attached hydrogens (tertiary/aromatic N) is 4. The average molecular weight is 765 g/mol. The van der Waals surface area contributed by atoms with Gasteiger partial charge >= 0.3 is 0 Å². The minimum Gasteiger partial charge on any atom is -0.496 e. The number of benzene rings is 3. The first kappa shape index (κ1) is 34.4. The maximum Gasteiger partial charge on any atom is 0.197 e. The molecular weight excluding hydrogens is 733 g/mol. The molecule has 0 aliphatic heterocycles. The molecule has 49 heavy (non-hydrogen) atoms. The molecule has 3 heterocycles. The minimum absolute atomic E-state index is 0.00815. The molecule has 1 N–H and O–H groups in total. The topological polar surface area (TPSA) is 125 Å². The SMILES string of the molecule is CCC(OCCS(=O)(=O)c1ccccn1)c1nc(-c2cc3c(Nc4ccc(OCc5cccc(F)c5)c(Br)c4)ncnc3cc2OC)cs1. The average Bonchev–Trinajstić information content (AvgIpc) is 3.60. The van der Waals surface area contributed by atoms with E-state index >= 15 is 0 Å². The fourth-order valence-electron chi connectivity index (χ4n) is 5.03. The highest BCUT2D eigenvalue weighted by molar-refractivity contribution is 9.10. The van der Waals surface area contributed by atoms with Crippen molar-refractivity contribution >= 4 is 59.5 Å². The molecule has 0 fully saturated rings. The van der Waals surface area contributed by atoms with Crippen molar-refractivity contribution in [3.8, 4) is 22.8 Å². The molecular formula is C35H31BrFN5O5S2. The third kappa shape index (κ3) is 8.21. The van der Waals surface area contributed by atoms with Crippen LogP contribution in [0.4, 0.5) is 15.9 Å². The molecule has 3 aromatic carbocycles. The molecule has 3 aromatic heterocycles. The number of nitrogens with one attached hydrogen (secondary N) is 1. The van der Waals surface area contributed by atoms with Gasteiger partial charge in [-0.05, 0) is 76.4 Å².